The van der Waals surface area contributed by atoms with Gasteiger partial charge in [0.05, 0.1) is 18.4 Å². The highest BCUT2D eigenvalue weighted by Crippen LogP contribution is 2.31. The molecule has 1 heterocycles. The number of piperazine rings is 1. The minimum atomic E-state index is -4.12. The molecular weight excluding hydrogens is 418 g/mol. The molecule has 156 valence electrons. The Morgan fingerprint density at radius 3 is 2.45 bits per heavy atom. The van der Waals surface area contributed by atoms with E-state index in [0.717, 1.165) is 31.9 Å². The van der Waals surface area contributed by atoms with E-state index in [1.165, 1.54) is 37.4 Å². The Balaban J connectivity index is 1.94. The molecule has 0 aromatic heterocycles. The Bertz CT molecular complexity index is 1020. The molecule has 2 aromatic rings. The number of halogens is 1. The Kier molecular flexibility index (Phi) is 6.21. The normalized spacial score (nSPS) is 15.2. The van der Waals surface area contributed by atoms with Crippen LogP contribution >= 0.6 is 11.6 Å². The molecule has 1 fully saturated rings. The average Bonchev–Trinajstić information content (AvgIpc) is 2.68. The molecule has 10 heteroatoms. The van der Waals surface area contributed by atoms with Gasteiger partial charge in [0.2, 0.25) is 0 Å². The van der Waals surface area contributed by atoms with Gasteiger partial charge in [-0.1, -0.05) is 11.6 Å². The van der Waals surface area contributed by atoms with Gasteiger partial charge in [-0.25, -0.2) is 13.2 Å². The van der Waals surface area contributed by atoms with Crippen molar-refractivity contribution in [1.82, 2.24) is 4.90 Å². The van der Waals surface area contributed by atoms with E-state index in [4.69, 9.17) is 16.3 Å². The third-order valence-electron chi connectivity index (χ3n) is 4.76. The minimum Gasteiger partial charge on any atom is -0.495 e. The van der Waals surface area contributed by atoms with Crippen LogP contribution in [-0.2, 0) is 10.0 Å². The summed E-state index contributed by atoms with van der Waals surface area (Å²) in [5.41, 5.74) is 0.571. The number of carboxylic acids is 1. The van der Waals surface area contributed by atoms with Crippen molar-refractivity contribution in [3.05, 3.63) is 47.0 Å². The molecule has 0 aliphatic carbocycles. The maximum atomic E-state index is 12.9. The smallest absolute Gasteiger partial charge is 0.337 e. The molecule has 2 N–H and O–H groups in total. The summed E-state index contributed by atoms with van der Waals surface area (Å²) in [5, 5.41) is 9.85. The number of carbonyl (C=O) groups is 1. The number of nitrogens with zero attached hydrogens (tertiary/aromatic N) is 2. The highest BCUT2D eigenvalue weighted by Gasteiger charge is 2.24. The van der Waals surface area contributed by atoms with E-state index in [1.54, 1.807) is 6.07 Å². The number of hydrogen-bond acceptors (Lipinski definition) is 6. The number of hydrogen-bond donors (Lipinski definition) is 2. The Morgan fingerprint density at radius 1 is 1.14 bits per heavy atom. The minimum absolute atomic E-state index is 0.0302. The molecule has 1 saturated heterocycles. The van der Waals surface area contributed by atoms with Crippen LogP contribution in [0.2, 0.25) is 5.02 Å². The zero-order valence-corrected chi connectivity index (χ0v) is 17.6. The Morgan fingerprint density at radius 2 is 1.83 bits per heavy atom. The summed E-state index contributed by atoms with van der Waals surface area (Å²) in [5.74, 6) is -1.12. The number of aromatic carboxylic acids is 1. The summed E-state index contributed by atoms with van der Waals surface area (Å²) in [6.45, 7) is 3.26. The van der Waals surface area contributed by atoms with Crippen LogP contribution in [-0.4, -0.2) is 64.7 Å². The number of anilines is 2. The average molecular weight is 440 g/mol. The molecular formula is C19H22ClN3O5S. The fourth-order valence-electron chi connectivity index (χ4n) is 3.12. The number of benzene rings is 2. The van der Waals surface area contributed by atoms with Crippen LogP contribution in [0.3, 0.4) is 0 Å². The Hall–Kier alpha value is -2.49. The summed E-state index contributed by atoms with van der Waals surface area (Å²) in [7, 11) is -0.750. The molecule has 8 nitrogen and oxygen atoms in total. The van der Waals surface area contributed by atoms with Crippen LogP contribution in [0, 0.1) is 0 Å². The molecule has 0 unspecified atom stereocenters. The monoisotopic (exact) mass is 439 g/mol. The molecule has 2 aromatic carbocycles. The van der Waals surface area contributed by atoms with Crippen LogP contribution < -0.4 is 14.4 Å². The standard InChI is InChI=1S/C19H22ClN3O5S/c1-22-7-9-23(10-8-22)14-4-5-16(15(12-14)19(24)25)21-29(26,27)18-11-13(20)3-6-17(18)28-2/h3-6,11-12,21H,7-10H2,1-2H3,(H,24,25). The topological polar surface area (TPSA) is 99.2 Å². The number of rotatable bonds is 6. The van der Waals surface area contributed by atoms with Crippen LogP contribution in [0.1, 0.15) is 10.4 Å². The summed E-state index contributed by atoms with van der Waals surface area (Å²) in [6, 6.07) is 8.86. The lowest BCUT2D eigenvalue weighted by atomic mass is 10.1. The van der Waals surface area contributed by atoms with Crippen LogP contribution in [0.4, 0.5) is 11.4 Å². The molecule has 0 spiro atoms. The number of sulfonamides is 1. The van der Waals surface area contributed by atoms with Crippen molar-refractivity contribution in [1.29, 1.82) is 0 Å². The fraction of sp³-hybridized carbons (Fsp3) is 0.316. The van der Waals surface area contributed by atoms with Crippen LogP contribution in [0.5, 0.6) is 5.75 Å². The molecule has 0 amide bonds. The third kappa shape index (κ3) is 4.75. The predicted molar refractivity (Wildman–Crippen MR) is 112 cm³/mol. The van der Waals surface area contributed by atoms with Gasteiger partial charge in [-0.3, -0.25) is 4.72 Å². The summed E-state index contributed by atoms with van der Waals surface area (Å²) in [4.78, 5) is 15.9. The van der Waals surface area contributed by atoms with E-state index in [9.17, 15) is 18.3 Å². The lowest BCUT2D eigenvalue weighted by Gasteiger charge is -2.34. The van der Waals surface area contributed by atoms with Gasteiger partial charge in [-0.05, 0) is 43.4 Å². The highest BCUT2D eigenvalue weighted by molar-refractivity contribution is 7.92. The van der Waals surface area contributed by atoms with E-state index in [1.807, 2.05) is 7.05 Å². The van der Waals surface area contributed by atoms with Gasteiger partial charge in [-0.2, -0.15) is 0 Å². The molecule has 0 bridgehead atoms. The second-order valence-electron chi connectivity index (χ2n) is 6.73. The first-order valence-corrected chi connectivity index (χ1v) is 10.7. The van der Waals surface area contributed by atoms with Crippen molar-refractivity contribution in [3.63, 3.8) is 0 Å². The quantitative estimate of drug-likeness (QED) is 0.713. The largest absolute Gasteiger partial charge is 0.495 e. The van der Waals surface area contributed by atoms with Crippen molar-refractivity contribution >= 4 is 39.0 Å². The predicted octanol–water partition coefficient (Wildman–Crippen LogP) is 2.60. The molecule has 29 heavy (non-hydrogen) atoms. The lowest BCUT2D eigenvalue weighted by Crippen LogP contribution is -2.44. The maximum absolute atomic E-state index is 12.9. The summed E-state index contributed by atoms with van der Waals surface area (Å²) < 4.78 is 33.2. The van der Waals surface area contributed by atoms with Gasteiger partial charge in [0, 0.05) is 36.9 Å². The van der Waals surface area contributed by atoms with E-state index < -0.39 is 16.0 Å². The van der Waals surface area contributed by atoms with Crippen LogP contribution in [0.25, 0.3) is 0 Å². The first kappa shape index (κ1) is 21.2. The van der Waals surface area contributed by atoms with Crippen molar-refractivity contribution in [3.8, 4) is 5.75 Å². The molecule has 1 aliphatic rings. The van der Waals surface area contributed by atoms with Crippen molar-refractivity contribution < 1.29 is 23.1 Å². The number of likely N-dealkylation sites (N-methyl/N-ethyl adjacent to an activating group) is 1. The summed E-state index contributed by atoms with van der Waals surface area (Å²) >= 11 is 5.93. The molecule has 0 saturated carbocycles. The zero-order chi connectivity index (χ0) is 21.2. The summed E-state index contributed by atoms with van der Waals surface area (Å²) in [6.07, 6.45) is 0. The zero-order valence-electron chi connectivity index (χ0n) is 16.1. The van der Waals surface area contributed by atoms with Gasteiger partial charge in [0.1, 0.15) is 10.6 Å². The van der Waals surface area contributed by atoms with Gasteiger partial charge in [-0.15, -0.1) is 0 Å². The van der Waals surface area contributed by atoms with Gasteiger partial charge in [0.15, 0.2) is 0 Å². The third-order valence-corrected chi connectivity index (χ3v) is 6.38. The maximum Gasteiger partial charge on any atom is 0.337 e. The lowest BCUT2D eigenvalue weighted by molar-refractivity contribution is 0.0698. The Labute approximate surface area is 174 Å². The van der Waals surface area contributed by atoms with Crippen molar-refractivity contribution in [2.75, 3.05) is 50.0 Å². The molecule has 3 rings (SSSR count). The van der Waals surface area contributed by atoms with Crippen molar-refractivity contribution in [2.45, 2.75) is 4.90 Å². The second-order valence-corrected chi connectivity index (χ2v) is 8.81. The second kappa shape index (κ2) is 8.48. The molecule has 1 aliphatic heterocycles. The van der Waals surface area contributed by atoms with Gasteiger partial charge in [0.25, 0.3) is 10.0 Å². The van der Waals surface area contributed by atoms with E-state index in [0.29, 0.717) is 0 Å². The SMILES string of the molecule is COc1ccc(Cl)cc1S(=O)(=O)Nc1ccc(N2CCN(C)CC2)cc1C(=O)O. The first-order chi connectivity index (χ1) is 13.7. The molecule has 0 atom stereocenters. The van der Waals surface area contributed by atoms with Gasteiger partial charge < -0.3 is 19.6 Å². The number of methoxy groups -OCH3 is 1. The molecule has 0 radical (unpaired) electrons. The highest BCUT2D eigenvalue weighted by atomic mass is 35.5. The number of carboxylic acid groups (broad SMARTS) is 1. The van der Waals surface area contributed by atoms with Gasteiger partial charge >= 0.3 is 5.97 Å². The van der Waals surface area contributed by atoms with E-state index in [-0.39, 0.29) is 26.9 Å². The number of nitrogens with one attached hydrogen (secondary N) is 1. The fourth-order valence-corrected chi connectivity index (χ4v) is 4.63. The first-order valence-electron chi connectivity index (χ1n) is 8.88. The van der Waals surface area contributed by atoms with E-state index >= 15 is 0 Å². The van der Waals surface area contributed by atoms with Crippen molar-refractivity contribution in [2.24, 2.45) is 0 Å². The van der Waals surface area contributed by atoms with E-state index in [2.05, 4.69) is 14.5 Å². The van der Waals surface area contributed by atoms with Crippen LogP contribution in [0.15, 0.2) is 41.3 Å². The number of ether oxygens (including phenoxy) is 1.